The topological polar surface area (TPSA) is 73.5 Å². The van der Waals surface area contributed by atoms with E-state index in [4.69, 9.17) is 0 Å². The van der Waals surface area contributed by atoms with E-state index in [1.165, 1.54) is 12.3 Å². The molecule has 156 valence electrons. The maximum Gasteiger partial charge on any atom is 0.418 e. The van der Waals surface area contributed by atoms with Crippen molar-refractivity contribution in [1.29, 1.82) is 0 Å². The number of carbonyl (C=O) groups is 2. The molecule has 0 spiro atoms. The van der Waals surface area contributed by atoms with E-state index < -0.39 is 17.6 Å². The summed E-state index contributed by atoms with van der Waals surface area (Å²) in [4.78, 5) is 27.2. The number of halogens is 3. The molecule has 2 unspecified atom stereocenters. The van der Waals surface area contributed by atoms with Crippen molar-refractivity contribution in [1.82, 2.24) is 10.6 Å². The summed E-state index contributed by atoms with van der Waals surface area (Å²) in [5, 5.41) is 8.50. The Bertz CT molecular complexity index is 847. The van der Waals surface area contributed by atoms with Crippen molar-refractivity contribution in [2.24, 2.45) is 5.92 Å². The smallest absolute Gasteiger partial charge is 0.385 e. The van der Waals surface area contributed by atoms with Crippen LogP contribution in [0, 0.1) is 5.92 Å². The van der Waals surface area contributed by atoms with Crippen LogP contribution >= 0.6 is 0 Å². The molecule has 2 fully saturated rings. The van der Waals surface area contributed by atoms with Gasteiger partial charge in [-0.05, 0) is 44.0 Å². The molecular weight excluding hydrogens is 385 g/mol. The van der Waals surface area contributed by atoms with E-state index in [-0.39, 0.29) is 29.0 Å². The van der Waals surface area contributed by atoms with Gasteiger partial charge in [0.05, 0.1) is 16.8 Å². The zero-order valence-corrected chi connectivity index (χ0v) is 15.8. The van der Waals surface area contributed by atoms with Gasteiger partial charge in [-0.1, -0.05) is 0 Å². The molecule has 0 radical (unpaired) electrons. The molecule has 6 nitrogen and oxygen atoms in total. The van der Waals surface area contributed by atoms with E-state index in [0.29, 0.717) is 38.3 Å². The van der Waals surface area contributed by atoms with E-state index in [2.05, 4.69) is 16.0 Å². The van der Waals surface area contributed by atoms with Crippen LogP contribution in [0.5, 0.6) is 0 Å². The summed E-state index contributed by atoms with van der Waals surface area (Å²) < 4.78 is 40.9. The molecule has 0 aromatic heterocycles. The molecule has 0 bridgehead atoms. The first kappa shape index (κ1) is 19.8. The summed E-state index contributed by atoms with van der Waals surface area (Å²) in [7, 11) is 0. The molecule has 3 N–H and O–H groups in total. The molecule has 1 aromatic carbocycles. The number of amides is 1. The van der Waals surface area contributed by atoms with E-state index in [9.17, 15) is 22.8 Å². The van der Waals surface area contributed by atoms with Gasteiger partial charge in [0, 0.05) is 43.5 Å². The van der Waals surface area contributed by atoms with Crippen LogP contribution < -0.4 is 20.9 Å². The maximum absolute atomic E-state index is 13.6. The van der Waals surface area contributed by atoms with Crippen LogP contribution in [0.1, 0.15) is 24.8 Å². The number of hydrogen-bond donors (Lipinski definition) is 3. The highest BCUT2D eigenvalue weighted by molar-refractivity contribution is 6.24. The summed E-state index contributed by atoms with van der Waals surface area (Å²) in [5.41, 5.74) is -0.900. The number of Topliss-reactive ketones (excluding diaryl/α,β-unsaturated/α-hetero) is 1. The molecule has 3 aliphatic heterocycles. The van der Waals surface area contributed by atoms with E-state index >= 15 is 0 Å². The first-order valence-electron chi connectivity index (χ1n) is 9.83. The maximum atomic E-state index is 13.6. The monoisotopic (exact) mass is 408 g/mol. The number of alkyl halides is 3. The zero-order chi connectivity index (χ0) is 20.6. The number of anilines is 2. The molecule has 3 heterocycles. The highest BCUT2D eigenvalue weighted by Gasteiger charge is 2.39. The number of ketones is 1. The first-order valence-corrected chi connectivity index (χ1v) is 9.83. The lowest BCUT2D eigenvalue weighted by molar-refractivity contribution is -0.136. The summed E-state index contributed by atoms with van der Waals surface area (Å²) in [6.07, 6.45) is -0.833. The second-order valence-electron chi connectivity index (χ2n) is 7.67. The second kappa shape index (κ2) is 7.70. The Labute approximate surface area is 166 Å². The first-order chi connectivity index (χ1) is 13.8. The number of rotatable bonds is 3. The minimum atomic E-state index is -4.62. The fourth-order valence-electron chi connectivity index (χ4n) is 4.22. The van der Waals surface area contributed by atoms with Crippen molar-refractivity contribution in [3.05, 3.63) is 35.5 Å². The molecule has 2 saturated heterocycles. The minimum absolute atomic E-state index is 0.0988. The standard InChI is InChI=1S/C20H23F3N4O2/c21-20(22,23)15-9-12(27-7-1-2-8-27)3-4-16(15)26-19(29)14-10-25-17-11-24-6-5-13(17)18(14)28/h3-4,9-10,13,17,24-25H,1-2,5-8,11H2,(H,26,29). The lowest BCUT2D eigenvalue weighted by atomic mass is 9.83. The number of hydrogen-bond acceptors (Lipinski definition) is 5. The SMILES string of the molecule is O=C(Nc1ccc(N2CCCC2)cc1C(F)(F)F)C1=CNC2CNCCC2C1=O. The Morgan fingerprint density at radius 2 is 1.97 bits per heavy atom. The largest absolute Gasteiger partial charge is 0.418 e. The predicted octanol–water partition coefficient (Wildman–Crippen LogP) is 2.28. The third-order valence-corrected chi connectivity index (χ3v) is 5.80. The van der Waals surface area contributed by atoms with Gasteiger partial charge >= 0.3 is 6.18 Å². The minimum Gasteiger partial charge on any atom is -0.385 e. The summed E-state index contributed by atoms with van der Waals surface area (Å²) in [6.45, 7) is 2.71. The number of benzene rings is 1. The normalized spacial score (nSPS) is 24.6. The van der Waals surface area contributed by atoms with Crippen LogP contribution in [0.4, 0.5) is 24.5 Å². The van der Waals surface area contributed by atoms with Gasteiger partial charge in [0.2, 0.25) is 0 Å². The Morgan fingerprint density at radius 1 is 1.21 bits per heavy atom. The summed E-state index contributed by atoms with van der Waals surface area (Å²) in [6, 6.07) is 3.81. The van der Waals surface area contributed by atoms with Gasteiger partial charge in [-0.3, -0.25) is 9.59 Å². The molecule has 2 atom stereocenters. The average Bonchev–Trinajstić information content (AvgIpc) is 3.22. The molecule has 1 aromatic rings. The summed E-state index contributed by atoms with van der Waals surface area (Å²) >= 11 is 0. The molecule has 1 amide bonds. The van der Waals surface area contributed by atoms with Gasteiger partial charge in [0.15, 0.2) is 5.78 Å². The lowest BCUT2D eigenvalue weighted by Crippen LogP contribution is -2.53. The van der Waals surface area contributed by atoms with Crippen molar-refractivity contribution in [2.75, 3.05) is 36.4 Å². The molecule has 0 aliphatic carbocycles. The molecule has 4 rings (SSSR count). The van der Waals surface area contributed by atoms with E-state index in [1.807, 2.05) is 4.90 Å². The molecule has 9 heteroatoms. The number of carbonyl (C=O) groups excluding carboxylic acids is 2. The lowest BCUT2D eigenvalue weighted by Gasteiger charge is -2.35. The van der Waals surface area contributed by atoms with Gasteiger partial charge in [-0.25, -0.2) is 0 Å². The van der Waals surface area contributed by atoms with Gasteiger partial charge in [0.1, 0.15) is 0 Å². The van der Waals surface area contributed by atoms with Crippen LogP contribution in [-0.4, -0.2) is 43.9 Å². The number of fused-ring (bicyclic) bond motifs is 1. The highest BCUT2D eigenvalue weighted by atomic mass is 19.4. The van der Waals surface area contributed by atoms with Crippen molar-refractivity contribution in [3.63, 3.8) is 0 Å². The second-order valence-corrected chi connectivity index (χ2v) is 7.67. The summed E-state index contributed by atoms with van der Waals surface area (Å²) in [5.74, 6) is -1.49. The quantitative estimate of drug-likeness (QED) is 0.670. The molecule has 3 aliphatic rings. The highest BCUT2D eigenvalue weighted by Crippen LogP contribution is 2.38. The Hall–Kier alpha value is -2.55. The third-order valence-electron chi connectivity index (χ3n) is 5.80. The average molecular weight is 408 g/mol. The van der Waals surface area contributed by atoms with Gasteiger partial charge in [-0.15, -0.1) is 0 Å². The van der Waals surface area contributed by atoms with Crippen molar-refractivity contribution < 1.29 is 22.8 Å². The Kier molecular flexibility index (Phi) is 5.24. The zero-order valence-electron chi connectivity index (χ0n) is 15.8. The number of nitrogens with zero attached hydrogens (tertiary/aromatic N) is 1. The van der Waals surface area contributed by atoms with E-state index in [1.54, 1.807) is 6.07 Å². The van der Waals surface area contributed by atoms with E-state index in [0.717, 1.165) is 18.9 Å². The predicted molar refractivity (Wildman–Crippen MR) is 103 cm³/mol. The van der Waals surface area contributed by atoms with Crippen LogP contribution in [-0.2, 0) is 15.8 Å². The Morgan fingerprint density at radius 3 is 2.69 bits per heavy atom. The van der Waals surface area contributed by atoms with Gasteiger partial charge in [-0.2, -0.15) is 13.2 Å². The molecular formula is C20H23F3N4O2. The fraction of sp³-hybridized carbons (Fsp3) is 0.500. The Balaban J connectivity index is 1.57. The van der Waals surface area contributed by atoms with Gasteiger partial charge in [0.25, 0.3) is 5.91 Å². The van der Waals surface area contributed by atoms with Crippen LogP contribution in [0.15, 0.2) is 30.0 Å². The van der Waals surface area contributed by atoms with Crippen molar-refractivity contribution in [3.8, 4) is 0 Å². The van der Waals surface area contributed by atoms with Crippen molar-refractivity contribution in [2.45, 2.75) is 31.5 Å². The van der Waals surface area contributed by atoms with Crippen molar-refractivity contribution >= 4 is 23.1 Å². The van der Waals surface area contributed by atoms with Crippen LogP contribution in [0.3, 0.4) is 0 Å². The van der Waals surface area contributed by atoms with Crippen LogP contribution in [0.2, 0.25) is 0 Å². The number of piperidine rings is 1. The molecule has 0 saturated carbocycles. The van der Waals surface area contributed by atoms with Crippen LogP contribution in [0.25, 0.3) is 0 Å². The number of nitrogens with one attached hydrogen (secondary N) is 3. The van der Waals surface area contributed by atoms with Gasteiger partial charge < -0.3 is 20.9 Å². The fourth-order valence-corrected chi connectivity index (χ4v) is 4.22. The third kappa shape index (κ3) is 3.96. The molecule has 29 heavy (non-hydrogen) atoms.